The number of hydrogen-bond acceptors (Lipinski definition) is 6. The van der Waals surface area contributed by atoms with E-state index in [2.05, 4.69) is 93.7 Å². The van der Waals surface area contributed by atoms with Crippen LogP contribution in [0.25, 0.3) is 0 Å². The van der Waals surface area contributed by atoms with E-state index in [1.807, 2.05) is 0 Å². The summed E-state index contributed by atoms with van der Waals surface area (Å²) >= 11 is 0. The first kappa shape index (κ1) is 79.8. The fourth-order valence-electron chi connectivity index (χ4n) is 10.7. The lowest BCUT2D eigenvalue weighted by Crippen LogP contribution is -2.30. The smallest absolute Gasteiger partial charge is 0.306 e. The standard InChI is InChI=1S/C77H138O6/c1-4-7-10-13-16-19-22-24-26-28-30-32-34-36-38-40-42-44-46-48-50-52-55-58-61-64-67-70-76(79)82-73-74(72-81-75(78)69-66-63-60-57-54-21-18-15-12-9-6-3)83-77(80)71-68-65-62-59-56-53-51-49-47-45-43-41-39-37-35-33-31-29-27-25-23-20-17-14-11-8-5-2/h7,10,15-16,18-19,24,26,29-32,74H,4-6,8-9,11-14,17,20-23,25,27-28,33-73H2,1-3H3/b10-7-,18-15-,19-16-,26-24-,31-29-,32-30-. The summed E-state index contributed by atoms with van der Waals surface area (Å²) in [6.07, 6.45) is 93.8. The minimum atomic E-state index is -0.778. The van der Waals surface area contributed by atoms with Gasteiger partial charge in [-0.25, -0.2) is 0 Å². The Labute approximate surface area is 516 Å². The zero-order valence-electron chi connectivity index (χ0n) is 55.5. The van der Waals surface area contributed by atoms with Gasteiger partial charge in [-0.3, -0.25) is 14.4 Å². The molecule has 0 fully saturated rings. The first-order chi connectivity index (χ1) is 41.0. The van der Waals surface area contributed by atoms with Crippen LogP contribution in [0.3, 0.4) is 0 Å². The van der Waals surface area contributed by atoms with Gasteiger partial charge >= 0.3 is 17.9 Å². The number of hydrogen-bond donors (Lipinski definition) is 0. The fraction of sp³-hybridized carbons (Fsp3) is 0.805. The van der Waals surface area contributed by atoms with Gasteiger partial charge in [-0.1, -0.05) is 331 Å². The molecule has 1 atom stereocenters. The van der Waals surface area contributed by atoms with Gasteiger partial charge in [0.15, 0.2) is 6.10 Å². The highest BCUT2D eigenvalue weighted by Gasteiger charge is 2.19. The molecule has 0 saturated heterocycles. The minimum Gasteiger partial charge on any atom is -0.462 e. The summed E-state index contributed by atoms with van der Waals surface area (Å²) < 4.78 is 17.0. The van der Waals surface area contributed by atoms with Gasteiger partial charge in [0, 0.05) is 19.3 Å². The molecule has 0 bridgehead atoms. The number of allylic oxidation sites excluding steroid dienone is 12. The molecule has 0 aliphatic carbocycles. The minimum absolute atomic E-state index is 0.0744. The summed E-state index contributed by atoms with van der Waals surface area (Å²) in [5.41, 5.74) is 0. The SMILES string of the molecule is CC/C=C\C/C=C\C/C=C\C/C=C\CCCCCCCCCCCCCCCCC(=O)OCC(COC(=O)CCCCCCC/C=C\CCCC)OC(=O)CCCCCCCCCCCCCCCCC/C=C\CCCCCCCCCC. The van der Waals surface area contributed by atoms with E-state index in [1.165, 1.54) is 250 Å². The van der Waals surface area contributed by atoms with Crippen molar-refractivity contribution in [3.8, 4) is 0 Å². The second-order valence-electron chi connectivity index (χ2n) is 24.5. The molecule has 0 aliphatic rings. The molecule has 6 heteroatoms. The van der Waals surface area contributed by atoms with Crippen molar-refractivity contribution < 1.29 is 28.6 Å². The van der Waals surface area contributed by atoms with Gasteiger partial charge in [0.1, 0.15) is 13.2 Å². The molecule has 0 aromatic carbocycles. The van der Waals surface area contributed by atoms with Gasteiger partial charge in [0.2, 0.25) is 0 Å². The molecular weight excluding hydrogens is 1020 g/mol. The Kier molecular flexibility index (Phi) is 68.6. The lowest BCUT2D eigenvalue weighted by Gasteiger charge is -2.18. The Morgan fingerprint density at radius 2 is 0.482 bits per heavy atom. The summed E-state index contributed by atoms with van der Waals surface area (Å²) in [6.45, 7) is 6.54. The molecule has 0 aliphatic heterocycles. The second-order valence-corrected chi connectivity index (χ2v) is 24.5. The molecule has 83 heavy (non-hydrogen) atoms. The Bertz CT molecular complexity index is 1520. The lowest BCUT2D eigenvalue weighted by atomic mass is 10.0. The normalized spacial score (nSPS) is 12.5. The third-order valence-electron chi connectivity index (χ3n) is 16.2. The molecule has 0 aromatic heterocycles. The van der Waals surface area contributed by atoms with Crippen LogP contribution in [0.4, 0.5) is 0 Å². The molecule has 0 spiro atoms. The van der Waals surface area contributed by atoms with Crippen molar-refractivity contribution in [1.82, 2.24) is 0 Å². The van der Waals surface area contributed by atoms with Crippen molar-refractivity contribution in [2.45, 2.75) is 386 Å². The van der Waals surface area contributed by atoms with Gasteiger partial charge in [0.25, 0.3) is 0 Å². The highest BCUT2D eigenvalue weighted by atomic mass is 16.6. The number of carbonyl (C=O) groups excluding carboxylic acids is 3. The summed E-state index contributed by atoms with van der Waals surface area (Å²) in [7, 11) is 0. The maximum absolute atomic E-state index is 13.0. The van der Waals surface area contributed by atoms with E-state index in [9.17, 15) is 14.4 Å². The molecule has 0 N–H and O–H groups in total. The average Bonchev–Trinajstić information content (AvgIpc) is 3.48. The highest BCUT2D eigenvalue weighted by Crippen LogP contribution is 2.18. The van der Waals surface area contributed by atoms with E-state index in [-0.39, 0.29) is 31.1 Å². The van der Waals surface area contributed by atoms with Crippen molar-refractivity contribution >= 4 is 17.9 Å². The van der Waals surface area contributed by atoms with E-state index in [0.717, 1.165) is 89.9 Å². The van der Waals surface area contributed by atoms with Crippen LogP contribution in [0, 0.1) is 0 Å². The second kappa shape index (κ2) is 71.3. The van der Waals surface area contributed by atoms with Crippen LogP contribution in [0.2, 0.25) is 0 Å². The van der Waals surface area contributed by atoms with Crippen molar-refractivity contribution in [3.63, 3.8) is 0 Å². The van der Waals surface area contributed by atoms with Gasteiger partial charge in [-0.15, -0.1) is 0 Å². The van der Waals surface area contributed by atoms with Crippen LogP contribution in [0.15, 0.2) is 72.9 Å². The highest BCUT2D eigenvalue weighted by molar-refractivity contribution is 5.71. The van der Waals surface area contributed by atoms with Gasteiger partial charge in [-0.05, 0) is 103 Å². The molecule has 0 aromatic rings. The van der Waals surface area contributed by atoms with Gasteiger partial charge in [-0.2, -0.15) is 0 Å². The lowest BCUT2D eigenvalue weighted by molar-refractivity contribution is -0.167. The van der Waals surface area contributed by atoms with Crippen molar-refractivity contribution in [2.24, 2.45) is 0 Å². The van der Waals surface area contributed by atoms with Gasteiger partial charge < -0.3 is 14.2 Å². The predicted octanol–water partition coefficient (Wildman–Crippen LogP) is 25.2. The van der Waals surface area contributed by atoms with Crippen LogP contribution < -0.4 is 0 Å². The van der Waals surface area contributed by atoms with Crippen LogP contribution >= 0.6 is 0 Å². The number of ether oxygens (including phenoxy) is 3. The first-order valence-electron chi connectivity index (χ1n) is 36.4. The Morgan fingerprint density at radius 1 is 0.253 bits per heavy atom. The number of rotatable bonds is 67. The van der Waals surface area contributed by atoms with E-state index in [0.29, 0.717) is 19.3 Å². The van der Waals surface area contributed by atoms with Crippen LogP contribution in [0.5, 0.6) is 0 Å². The molecular formula is C77H138O6. The van der Waals surface area contributed by atoms with E-state index < -0.39 is 6.10 Å². The Morgan fingerprint density at radius 3 is 0.783 bits per heavy atom. The summed E-state index contributed by atoms with van der Waals surface area (Å²) in [5.74, 6) is -0.863. The van der Waals surface area contributed by atoms with Crippen LogP contribution in [0.1, 0.15) is 380 Å². The van der Waals surface area contributed by atoms with E-state index >= 15 is 0 Å². The average molecular weight is 1160 g/mol. The summed E-state index contributed by atoms with van der Waals surface area (Å²) in [6, 6.07) is 0. The molecule has 0 amide bonds. The summed E-state index contributed by atoms with van der Waals surface area (Å²) in [4.78, 5) is 38.4. The Balaban J connectivity index is 4.17. The van der Waals surface area contributed by atoms with E-state index in [1.54, 1.807) is 0 Å². The van der Waals surface area contributed by atoms with Gasteiger partial charge in [0.05, 0.1) is 0 Å². The molecule has 0 radical (unpaired) electrons. The molecule has 482 valence electrons. The quantitative estimate of drug-likeness (QED) is 0.0261. The Hall–Kier alpha value is -3.15. The maximum atomic E-state index is 13.0. The monoisotopic (exact) mass is 1160 g/mol. The molecule has 1 unspecified atom stereocenters. The topological polar surface area (TPSA) is 78.9 Å². The maximum Gasteiger partial charge on any atom is 0.306 e. The van der Waals surface area contributed by atoms with Crippen LogP contribution in [-0.4, -0.2) is 37.2 Å². The zero-order chi connectivity index (χ0) is 59.9. The third kappa shape index (κ3) is 69.5. The molecule has 6 nitrogen and oxygen atoms in total. The molecule has 0 saturated carbocycles. The molecule has 0 rings (SSSR count). The summed E-state index contributed by atoms with van der Waals surface area (Å²) in [5, 5.41) is 0. The largest absolute Gasteiger partial charge is 0.462 e. The third-order valence-corrected chi connectivity index (χ3v) is 16.2. The van der Waals surface area contributed by atoms with Crippen molar-refractivity contribution in [1.29, 1.82) is 0 Å². The number of esters is 3. The van der Waals surface area contributed by atoms with Crippen LogP contribution in [-0.2, 0) is 28.6 Å². The fourth-order valence-corrected chi connectivity index (χ4v) is 10.7. The number of unbranched alkanes of at least 4 members (excludes halogenated alkanes) is 44. The van der Waals surface area contributed by atoms with E-state index in [4.69, 9.17) is 14.2 Å². The zero-order valence-corrected chi connectivity index (χ0v) is 55.5. The predicted molar refractivity (Wildman–Crippen MR) is 362 cm³/mol. The molecule has 0 heterocycles. The first-order valence-corrected chi connectivity index (χ1v) is 36.4. The number of carbonyl (C=O) groups is 3. The van der Waals surface area contributed by atoms with Crippen molar-refractivity contribution in [3.05, 3.63) is 72.9 Å². The van der Waals surface area contributed by atoms with Crippen molar-refractivity contribution in [2.75, 3.05) is 13.2 Å².